The van der Waals surface area contributed by atoms with Crippen LogP contribution >= 0.6 is 11.6 Å². The first-order valence-electron chi connectivity index (χ1n) is 4.99. The van der Waals surface area contributed by atoms with Crippen molar-refractivity contribution in [2.75, 3.05) is 0 Å². The fraction of sp³-hybridized carbons (Fsp3) is 0.250. The molecule has 0 unspecified atom stereocenters. The maximum absolute atomic E-state index is 6.09. The van der Waals surface area contributed by atoms with Gasteiger partial charge in [0.05, 0.1) is 5.69 Å². The Hall–Kier alpha value is -1.28. The van der Waals surface area contributed by atoms with Gasteiger partial charge in [0.25, 0.3) is 0 Å². The van der Waals surface area contributed by atoms with Crippen LogP contribution in [0, 0.1) is 0 Å². The first kappa shape index (κ1) is 10.2. The van der Waals surface area contributed by atoms with Crippen molar-refractivity contribution in [1.82, 2.24) is 9.78 Å². The van der Waals surface area contributed by atoms with Crippen LogP contribution < -0.4 is 0 Å². The lowest BCUT2D eigenvalue weighted by atomic mass is 10.2. The second kappa shape index (κ2) is 4.07. The Bertz CT molecular complexity index is 446. The molecule has 0 aliphatic rings. The molecule has 0 spiro atoms. The Morgan fingerprint density at radius 3 is 2.40 bits per heavy atom. The van der Waals surface area contributed by atoms with E-state index in [0.717, 1.165) is 11.3 Å². The number of rotatable bonds is 2. The summed E-state index contributed by atoms with van der Waals surface area (Å²) in [5.74, 6) is 0. The highest BCUT2D eigenvalue weighted by Gasteiger charge is 2.09. The molecular weight excluding hydrogens is 208 g/mol. The molecule has 0 fully saturated rings. The summed E-state index contributed by atoms with van der Waals surface area (Å²) >= 11 is 6.09. The molecule has 0 amide bonds. The summed E-state index contributed by atoms with van der Waals surface area (Å²) in [7, 11) is 0. The van der Waals surface area contributed by atoms with Crippen LogP contribution in [0.5, 0.6) is 0 Å². The van der Waals surface area contributed by atoms with Crippen molar-refractivity contribution in [1.29, 1.82) is 0 Å². The van der Waals surface area contributed by atoms with Gasteiger partial charge in [0.1, 0.15) is 5.15 Å². The lowest BCUT2D eigenvalue weighted by Crippen LogP contribution is -2.02. The molecule has 2 aromatic rings. The molecule has 0 radical (unpaired) electrons. The van der Waals surface area contributed by atoms with Crippen LogP contribution in [0.15, 0.2) is 36.4 Å². The molecular formula is C12H13ClN2. The molecule has 0 N–H and O–H groups in total. The van der Waals surface area contributed by atoms with Crippen LogP contribution in [0.2, 0.25) is 5.15 Å². The lowest BCUT2D eigenvalue weighted by molar-refractivity contribution is 0.535. The van der Waals surface area contributed by atoms with Crippen molar-refractivity contribution in [2.45, 2.75) is 19.9 Å². The maximum Gasteiger partial charge on any atom is 0.127 e. The van der Waals surface area contributed by atoms with Crippen molar-refractivity contribution in [3.8, 4) is 11.3 Å². The molecule has 3 heteroatoms. The molecule has 0 bridgehead atoms. The minimum atomic E-state index is 0.287. The van der Waals surface area contributed by atoms with Crippen molar-refractivity contribution >= 4 is 11.6 Å². The molecule has 2 rings (SSSR count). The van der Waals surface area contributed by atoms with E-state index in [4.69, 9.17) is 11.6 Å². The number of aromatic nitrogens is 2. The smallest absolute Gasteiger partial charge is 0.127 e. The molecule has 2 nitrogen and oxygen atoms in total. The molecule has 0 atom stereocenters. The van der Waals surface area contributed by atoms with Gasteiger partial charge in [-0.15, -0.1) is 0 Å². The molecule has 0 aliphatic carbocycles. The zero-order valence-electron chi connectivity index (χ0n) is 8.81. The highest BCUT2D eigenvalue weighted by Crippen LogP contribution is 2.23. The summed E-state index contributed by atoms with van der Waals surface area (Å²) < 4.78 is 1.82. The standard InChI is InChI=1S/C12H13ClN2/c1-9(2)15-12(13)8-11(14-15)10-6-4-3-5-7-10/h3-9H,1-2H3. The Kier molecular flexibility index (Phi) is 2.78. The van der Waals surface area contributed by atoms with Crippen molar-refractivity contribution in [3.63, 3.8) is 0 Å². The Balaban J connectivity index is 2.43. The van der Waals surface area contributed by atoms with E-state index in [1.807, 2.05) is 41.1 Å². The fourth-order valence-corrected chi connectivity index (χ4v) is 1.82. The molecule has 78 valence electrons. The first-order chi connectivity index (χ1) is 7.18. The summed E-state index contributed by atoms with van der Waals surface area (Å²) in [6.45, 7) is 4.13. The Labute approximate surface area is 94.5 Å². The fourth-order valence-electron chi connectivity index (χ4n) is 1.48. The van der Waals surface area contributed by atoms with E-state index in [1.54, 1.807) is 0 Å². The van der Waals surface area contributed by atoms with E-state index >= 15 is 0 Å². The number of hydrogen-bond acceptors (Lipinski definition) is 1. The summed E-state index contributed by atoms with van der Waals surface area (Å²) in [5, 5.41) is 5.15. The predicted molar refractivity (Wildman–Crippen MR) is 63.1 cm³/mol. The third-order valence-corrected chi connectivity index (χ3v) is 2.53. The normalized spacial score (nSPS) is 10.9. The van der Waals surface area contributed by atoms with E-state index < -0.39 is 0 Å². The van der Waals surface area contributed by atoms with Gasteiger partial charge in [-0.25, -0.2) is 0 Å². The minimum absolute atomic E-state index is 0.287. The summed E-state index contributed by atoms with van der Waals surface area (Å²) in [6, 6.07) is 12.2. The largest absolute Gasteiger partial charge is 0.251 e. The van der Waals surface area contributed by atoms with Crippen LogP contribution in [-0.4, -0.2) is 9.78 Å². The second-order valence-corrected chi connectivity index (χ2v) is 4.14. The molecule has 15 heavy (non-hydrogen) atoms. The summed E-state index contributed by atoms with van der Waals surface area (Å²) in [5.41, 5.74) is 2.02. The van der Waals surface area contributed by atoms with E-state index in [1.165, 1.54) is 0 Å². The van der Waals surface area contributed by atoms with Gasteiger partial charge in [-0.3, -0.25) is 4.68 Å². The quantitative estimate of drug-likeness (QED) is 0.753. The van der Waals surface area contributed by atoms with Crippen molar-refractivity contribution in [3.05, 3.63) is 41.6 Å². The van der Waals surface area contributed by atoms with Gasteiger partial charge in [0.15, 0.2) is 0 Å². The van der Waals surface area contributed by atoms with Crippen LogP contribution in [0.25, 0.3) is 11.3 Å². The van der Waals surface area contributed by atoms with E-state index in [-0.39, 0.29) is 6.04 Å². The zero-order chi connectivity index (χ0) is 10.8. The Morgan fingerprint density at radius 1 is 1.20 bits per heavy atom. The molecule has 0 saturated carbocycles. The van der Waals surface area contributed by atoms with Gasteiger partial charge in [-0.05, 0) is 13.8 Å². The minimum Gasteiger partial charge on any atom is -0.251 e. The topological polar surface area (TPSA) is 17.8 Å². The van der Waals surface area contributed by atoms with Gasteiger partial charge in [-0.1, -0.05) is 41.9 Å². The third-order valence-electron chi connectivity index (χ3n) is 2.25. The van der Waals surface area contributed by atoms with Crippen LogP contribution in [-0.2, 0) is 0 Å². The second-order valence-electron chi connectivity index (χ2n) is 3.76. The SMILES string of the molecule is CC(C)n1nc(-c2ccccc2)cc1Cl. The number of benzene rings is 1. The highest BCUT2D eigenvalue weighted by atomic mass is 35.5. The maximum atomic E-state index is 6.09. The van der Waals surface area contributed by atoms with Gasteiger partial charge in [0, 0.05) is 17.7 Å². The molecule has 0 saturated heterocycles. The van der Waals surface area contributed by atoms with Gasteiger partial charge < -0.3 is 0 Å². The number of hydrogen-bond donors (Lipinski definition) is 0. The molecule has 1 heterocycles. The average molecular weight is 221 g/mol. The molecule has 0 aliphatic heterocycles. The predicted octanol–water partition coefficient (Wildman–Crippen LogP) is 3.78. The van der Waals surface area contributed by atoms with Crippen molar-refractivity contribution in [2.24, 2.45) is 0 Å². The van der Waals surface area contributed by atoms with Gasteiger partial charge in [-0.2, -0.15) is 5.10 Å². The number of halogens is 1. The molecule has 1 aromatic heterocycles. The summed E-state index contributed by atoms with van der Waals surface area (Å²) in [6.07, 6.45) is 0. The average Bonchev–Trinajstić information content (AvgIpc) is 2.62. The zero-order valence-corrected chi connectivity index (χ0v) is 9.57. The van der Waals surface area contributed by atoms with Crippen LogP contribution in [0.1, 0.15) is 19.9 Å². The Morgan fingerprint density at radius 2 is 1.87 bits per heavy atom. The van der Waals surface area contributed by atoms with E-state index in [2.05, 4.69) is 18.9 Å². The summed E-state index contributed by atoms with van der Waals surface area (Å²) in [4.78, 5) is 0. The first-order valence-corrected chi connectivity index (χ1v) is 5.37. The molecule has 1 aromatic carbocycles. The van der Waals surface area contributed by atoms with Gasteiger partial charge in [0.2, 0.25) is 0 Å². The van der Waals surface area contributed by atoms with E-state index in [9.17, 15) is 0 Å². The van der Waals surface area contributed by atoms with E-state index in [0.29, 0.717) is 5.15 Å². The monoisotopic (exact) mass is 220 g/mol. The van der Waals surface area contributed by atoms with Gasteiger partial charge >= 0.3 is 0 Å². The highest BCUT2D eigenvalue weighted by molar-refractivity contribution is 6.29. The third kappa shape index (κ3) is 2.05. The van der Waals surface area contributed by atoms with Crippen LogP contribution in [0.4, 0.5) is 0 Å². The lowest BCUT2D eigenvalue weighted by Gasteiger charge is -2.05. The number of nitrogens with zero attached hydrogens (tertiary/aromatic N) is 2. The van der Waals surface area contributed by atoms with Crippen molar-refractivity contribution < 1.29 is 0 Å². The van der Waals surface area contributed by atoms with Crippen LogP contribution in [0.3, 0.4) is 0 Å².